The molecule has 178 valence electrons. The molecule has 0 unspecified atom stereocenters. The molecule has 2 aromatic carbocycles. The molecule has 0 fully saturated rings. The number of hydrazine groups is 1. The smallest absolute Gasteiger partial charge is 0.0725 e. The Balaban J connectivity index is 1.66. The van der Waals surface area contributed by atoms with E-state index in [2.05, 4.69) is 109 Å². The molecule has 1 heterocycles. The molecular formula is C29H35ClN4. The summed E-state index contributed by atoms with van der Waals surface area (Å²) in [5, 5.41) is 9.97. The van der Waals surface area contributed by atoms with E-state index in [1.54, 1.807) is 0 Å². The van der Waals surface area contributed by atoms with Crippen LogP contribution in [0.2, 0.25) is 5.02 Å². The first kappa shape index (κ1) is 25.5. The lowest BCUT2D eigenvalue weighted by Gasteiger charge is -2.34. The van der Waals surface area contributed by atoms with Crippen LogP contribution < -0.4 is 10.3 Å². The summed E-state index contributed by atoms with van der Waals surface area (Å²) in [5.74, 6) is 0. The average Bonchev–Trinajstić information content (AvgIpc) is 2.83. The fourth-order valence-electron chi connectivity index (χ4n) is 3.84. The summed E-state index contributed by atoms with van der Waals surface area (Å²) in [6.07, 6.45) is 14.4. The maximum Gasteiger partial charge on any atom is 0.0725 e. The minimum absolute atomic E-state index is 0.738. The normalized spacial score (nSPS) is 12.4. The Labute approximate surface area is 209 Å². The van der Waals surface area contributed by atoms with Gasteiger partial charge in [0.15, 0.2) is 0 Å². The fraction of sp³-hybridized carbons (Fsp3) is 0.276. The number of fused-ring (bicyclic) bond motifs is 1. The predicted molar refractivity (Wildman–Crippen MR) is 148 cm³/mol. The minimum Gasteiger partial charge on any atom is -0.384 e. The molecule has 34 heavy (non-hydrogen) atoms. The lowest BCUT2D eigenvalue weighted by molar-refractivity contribution is 0.326. The third-order valence-electron chi connectivity index (χ3n) is 5.55. The number of pyridine rings is 1. The van der Waals surface area contributed by atoms with Crippen LogP contribution in [0.1, 0.15) is 32.3 Å². The van der Waals surface area contributed by atoms with Gasteiger partial charge in [0.2, 0.25) is 0 Å². The van der Waals surface area contributed by atoms with Crippen LogP contribution in [0, 0.1) is 6.92 Å². The molecule has 0 amide bonds. The molecular weight excluding hydrogens is 440 g/mol. The molecule has 0 atom stereocenters. The van der Waals surface area contributed by atoms with Crippen molar-refractivity contribution in [3.8, 4) is 0 Å². The predicted octanol–water partition coefficient (Wildman–Crippen LogP) is 7.78. The first-order valence-corrected chi connectivity index (χ1v) is 12.2. The number of nitrogens with one attached hydrogen (secondary N) is 1. The van der Waals surface area contributed by atoms with E-state index < -0.39 is 0 Å². The summed E-state index contributed by atoms with van der Waals surface area (Å²) in [7, 11) is 2.12. The minimum atomic E-state index is 0.738. The highest BCUT2D eigenvalue weighted by atomic mass is 35.5. The zero-order valence-corrected chi connectivity index (χ0v) is 21.4. The molecule has 4 nitrogen and oxygen atoms in total. The van der Waals surface area contributed by atoms with Crippen LogP contribution in [0.5, 0.6) is 0 Å². The van der Waals surface area contributed by atoms with E-state index in [4.69, 9.17) is 11.6 Å². The van der Waals surface area contributed by atoms with Gasteiger partial charge in [-0.05, 0) is 74.7 Å². The van der Waals surface area contributed by atoms with Crippen molar-refractivity contribution in [1.82, 2.24) is 9.99 Å². The average molecular weight is 475 g/mol. The summed E-state index contributed by atoms with van der Waals surface area (Å²) in [4.78, 5) is 4.50. The highest BCUT2D eigenvalue weighted by Gasteiger charge is 2.14. The molecule has 0 aliphatic heterocycles. The standard InChI is InChI=1S/C29H35ClN4/c1-5-6-7-8-9-11-24(3)34(26-15-13-25(30)14-16-26)33(4)21-10-19-31-28-18-20-32-29-22-23(2)12-17-27(28)29/h6-9,11-18,20,22H,5,10,19,21H2,1-4H3,(H,31,32)/b7-6+,9-8-,24-11+. The van der Waals surface area contributed by atoms with Crippen molar-refractivity contribution >= 4 is 33.9 Å². The Bertz CT molecular complexity index is 1150. The third-order valence-corrected chi connectivity index (χ3v) is 5.80. The number of benzene rings is 2. The van der Waals surface area contributed by atoms with Gasteiger partial charge in [0, 0.05) is 48.1 Å². The molecule has 5 heteroatoms. The number of hydrogen-bond donors (Lipinski definition) is 1. The van der Waals surface area contributed by atoms with Crippen LogP contribution >= 0.6 is 11.6 Å². The summed E-state index contributed by atoms with van der Waals surface area (Å²) in [5.41, 5.74) is 5.60. The lowest BCUT2D eigenvalue weighted by atomic mass is 10.1. The van der Waals surface area contributed by atoms with Crippen molar-refractivity contribution in [2.24, 2.45) is 0 Å². The topological polar surface area (TPSA) is 31.4 Å². The second kappa shape index (κ2) is 13.0. The van der Waals surface area contributed by atoms with Crippen molar-refractivity contribution in [2.75, 3.05) is 30.5 Å². The largest absolute Gasteiger partial charge is 0.384 e. The second-order valence-electron chi connectivity index (χ2n) is 8.36. The number of allylic oxidation sites excluding steroid dienone is 6. The number of halogens is 1. The van der Waals surface area contributed by atoms with Gasteiger partial charge in [0.05, 0.1) is 11.2 Å². The number of hydrogen-bond acceptors (Lipinski definition) is 4. The van der Waals surface area contributed by atoms with Gasteiger partial charge >= 0.3 is 0 Å². The molecule has 0 bridgehead atoms. The Morgan fingerprint density at radius 1 is 1.06 bits per heavy atom. The molecule has 3 aromatic rings. The monoisotopic (exact) mass is 474 g/mol. The van der Waals surface area contributed by atoms with Crippen LogP contribution in [-0.4, -0.2) is 30.1 Å². The maximum atomic E-state index is 6.14. The van der Waals surface area contributed by atoms with Crippen LogP contribution in [0.4, 0.5) is 11.4 Å². The van der Waals surface area contributed by atoms with E-state index in [9.17, 15) is 0 Å². The first-order valence-electron chi connectivity index (χ1n) is 11.9. The van der Waals surface area contributed by atoms with E-state index in [-0.39, 0.29) is 0 Å². The third kappa shape index (κ3) is 7.21. The van der Waals surface area contributed by atoms with Gasteiger partial charge < -0.3 is 5.32 Å². The maximum absolute atomic E-state index is 6.14. The number of rotatable bonds is 11. The number of aromatic nitrogens is 1. The molecule has 0 saturated heterocycles. The lowest BCUT2D eigenvalue weighted by Crippen LogP contribution is -2.39. The van der Waals surface area contributed by atoms with Crippen molar-refractivity contribution in [2.45, 2.75) is 33.6 Å². The number of nitrogens with zero attached hydrogens (tertiary/aromatic N) is 3. The van der Waals surface area contributed by atoms with Crippen LogP contribution in [0.15, 0.2) is 90.8 Å². The summed E-state index contributed by atoms with van der Waals surface area (Å²) >= 11 is 6.14. The van der Waals surface area contributed by atoms with E-state index >= 15 is 0 Å². The Morgan fingerprint density at radius 2 is 1.85 bits per heavy atom. The molecule has 1 N–H and O–H groups in total. The molecule has 0 saturated carbocycles. The van der Waals surface area contributed by atoms with Crippen LogP contribution in [0.25, 0.3) is 10.9 Å². The van der Waals surface area contributed by atoms with Gasteiger partial charge in [-0.3, -0.25) is 9.99 Å². The Morgan fingerprint density at radius 3 is 2.62 bits per heavy atom. The number of aryl methyl sites for hydroxylation is 1. The Hall–Kier alpha value is -3.08. The fourth-order valence-corrected chi connectivity index (χ4v) is 3.97. The number of anilines is 2. The zero-order valence-electron chi connectivity index (χ0n) is 20.6. The van der Waals surface area contributed by atoms with Gasteiger partial charge in [-0.1, -0.05) is 55.0 Å². The molecule has 0 aliphatic carbocycles. The quantitative estimate of drug-likeness (QED) is 0.174. The first-order chi connectivity index (χ1) is 16.5. The SMILES string of the molecule is CC/C=C/C=C\C=C(/C)N(c1ccc(Cl)cc1)N(C)CCCNc1ccnc2cc(C)ccc12. The molecule has 0 radical (unpaired) electrons. The summed E-state index contributed by atoms with van der Waals surface area (Å²) in [6, 6.07) is 16.4. The summed E-state index contributed by atoms with van der Waals surface area (Å²) in [6.45, 7) is 8.12. The summed E-state index contributed by atoms with van der Waals surface area (Å²) < 4.78 is 0. The second-order valence-corrected chi connectivity index (χ2v) is 8.79. The van der Waals surface area contributed by atoms with Crippen molar-refractivity contribution in [1.29, 1.82) is 0 Å². The van der Waals surface area contributed by atoms with Crippen LogP contribution in [0.3, 0.4) is 0 Å². The van der Waals surface area contributed by atoms with Gasteiger partial charge in [0.25, 0.3) is 0 Å². The highest BCUT2D eigenvalue weighted by Crippen LogP contribution is 2.24. The van der Waals surface area contributed by atoms with E-state index in [1.807, 2.05) is 24.4 Å². The van der Waals surface area contributed by atoms with Gasteiger partial charge in [-0.2, -0.15) is 0 Å². The molecule has 0 spiro atoms. The van der Waals surface area contributed by atoms with Crippen LogP contribution in [-0.2, 0) is 0 Å². The van der Waals surface area contributed by atoms with Crippen molar-refractivity contribution < 1.29 is 0 Å². The van der Waals surface area contributed by atoms with E-state index in [1.165, 1.54) is 5.56 Å². The van der Waals surface area contributed by atoms with Gasteiger partial charge in [-0.15, -0.1) is 0 Å². The van der Waals surface area contributed by atoms with Gasteiger partial charge in [-0.25, -0.2) is 5.01 Å². The highest BCUT2D eigenvalue weighted by molar-refractivity contribution is 6.30. The van der Waals surface area contributed by atoms with E-state index in [0.29, 0.717) is 0 Å². The van der Waals surface area contributed by atoms with E-state index in [0.717, 1.165) is 58.9 Å². The molecule has 1 aromatic heterocycles. The van der Waals surface area contributed by atoms with Crippen molar-refractivity contribution in [3.05, 3.63) is 101 Å². The zero-order chi connectivity index (χ0) is 24.3. The van der Waals surface area contributed by atoms with Crippen molar-refractivity contribution in [3.63, 3.8) is 0 Å². The molecule has 0 aliphatic rings. The van der Waals surface area contributed by atoms with Gasteiger partial charge in [0.1, 0.15) is 0 Å². The Kier molecular flexibility index (Phi) is 9.75. The molecule has 3 rings (SSSR count).